The van der Waals surface area contributed by atoms with Gasteiger partial charge in [0.1, 0.15) is 18.0 Å². The van der Waals surface area contributed by atoms with Crippen LogP contribution in [0.5, 0.6) is 0 Å². The van der Waals surface area contributed by atoms with Crippen molar-refractivity contribution in [3.8, 4) is 0 Å². The van der Waals surface area contributed by atoms with Crippen molar-refractivity contribution in [3.63, 3.8) is 0 Å². The number of aromatic nitrogens is 3. The molecule has 5 heteroatoms. The molecular formula is C12H14FN3O. The van der Waals surface area contributed by atoms with Crippen LogP contribution in [0.4, 0.5) is 4.39 Å². The summed E-state index contributed by atoms with van der Waals surface area (Å²) in [5.41, 5.74) is 0.552. The first-order valence-electron chi connectivity index (χ1n) is 5.51. The highest BCUT2D eigenvalue weighted by Gasteiger charge is 2.13. The van der Waals surface area contributed by atoms with E-state index < -0.39 is 6.10 Å². The molecule has 17 heavy (non-hydrogen) atoms. The standard InChI is InChI=1S/C12H14FN3O/c1-2-16-12(14-8-15-16)7-11(17)9-4-3-5-10(13)6-9/h3-6,8,11,17H,2,7H2,1H3. The Morgan fingerprint density at radius 3 is 3.00 bits per heavy atom. The minimum Gasteiger partial charge on any atom is -0.388 e. The molecule has 0 bridgehead atoms. The molecule has 0 spiro atoms. The number of aliphatic hydroxyl groups is 1. The zero-order valence-electron chi connectivity index (χ0n) is 9.55. The summed E-state index contributed by atoms with van der Waals surface area (Å²) in [5, 5.41) is 14.0. The first kappa shape index (κ1) is 11.7. The van der Waals surface area contributed by atoms with Crippen LogP contribution in [0.15, 0.2) is 30.6 Å². The van der Waals surface area contributed by atoms with E-state index in [4.69, 9.17) is 0 Å². The quantitative estimate of drug-likeness (QED) is 0.877. The average molecular weight is 235 g/mol. The van der Waals surface area contributed by atoms with E-state index >= 15 is 0 Å². The van der Waals surface area contributed by atoms with Gasteiger partial charge >= 0.3 is 0 Å². The Morgan fingerprint density at radius 1 is 1.47 bits per heavy atom. The van der Waals surface area contributed by atoms with Crippen LogP contribution < -0.4 is 0 Å². The second-order valence-electron chi connectivity index (χ2n) is 3.77. The van der Waals surface area contributed by atoms with Crippen molar-refractivity contribution in [2.75, 3.05) is 0 Å². The summed E-state index contributed by atoms with van der Waals surface area (Å²) < 4.78 is 14.7. The maximum atomic E-state index is 13.0. The molecule has 1 heterocycles. The van der Waals surface area contributed by atoms with Crippen LogP contribution in [0, 0.1) is 5.82 Å². The van der Waals surface area contributed by atoms with E-state index in [2.05, 4.69) is 10.1 Å². The van der Waals surface area contributed by atoms with Crippen LogP contribution in [-0.4, -0.2) is 19.9 Å². The van der Waals surface area contributed by atoms with E-state index in [1.54, 1.807) is 16.8 Å². The number of benzene rings is 1. The average Bonchev–Trinajstić information content (AvgIpc) is 2.76. The summed E-state index contributed by atoms with van der Waals surface area (Å²) in [6, 6.07) is 5.96. The lowest BCUT2D eigenvalue weighted by Crippen LogP contribution is -2.09. The number of aryl methyl sites for hydroxylation is 1. The topological polar surface area (TPSA) is 50.9 Å². The number of halogens is 1. The minimum atomic E-state index is -0.764. The lowest BCUT2D eigenvalue weighted by molar-refractivity contribution is 0.173. The van der Waals surface area contributed by atoms with Crippen LogP contribution >= 0.6 is 0 Å². The van der Waals surface area contributed by atoms with Crippen molar-refractivity contribution in [2.24, 2.45) is 0 Å². The monoisotopic (exact) mass is 235 g/mol. The molecule has 1 aromatic carbocycles. The van der Waals surface area contributed by atoms with Gasteiger partial charge in [-0.1, -0.05) is 12.1 Å². The summed E-state index contributed by atoms with van der Waals surface area (Å²) in [7, 11) is 0. The Bertz CT molecular complexity index is 498. The molecule has 0 aliphatic heterocycles. The fourth-order valence-corrected chi connectivity index (χ4v) is 1.71. The molecule has 0 aliphatic carbocycles. The van der Waals surface area contributed by atoms with Crippen molar-refractivity contribution in [2.45, 2.75) is 26.0 Å². The molecule has 2 rings (SSSR count). The van der Waals surface area contributed by atoms with E-state index in [0.717, 1.165) is 0 Å². The highest BCUT2D eigenvalue weighted by Crippen LogP contribution is 2.17. The molecule has 0 saturated heterocycles. The molecule has 1 atom stereocenters. The lowest BCUT2D eigenvalue weighted by Gasteiger charge is -2.10. The lowest BCUT2D eigenvalue weighted by atomic mass is 10.1. The van der Waals surface area contributed by atoms with Crippen LogP contribution in [0.25, 0.3) is 0 Å². The summed E-state index contributed by atoms with van der Waals surface area (Å²) in [5.74, 6) is 0.350. The van der Waals surface area contributed by atoms with Gasteiger partial charge in [-0.2, -0.15) is 5.10 Å². The summed E-state index contributed by atoms with van der Waals surface area (Å²) >= 11 is 0. The third-order valence-corrected chi connectivity index (χ3v) is 2.60. The fraction of sp³-hybridized carbons (Fsp3) is 0.333. The molecule has 0 fully saturated rings. The van der Waals surface area contributed by atoms with Gasteiger partial charge in [0.25, 0.3) is 0 Å². The first-order chi connectivity index (χ1) is 8.20. The van der Waals surface area contributed by atoms with Gasteiger partial charge in [0.2, 0.25) is 0 Å². The Hall–Kier alpha value is -1.75. The maximum Gasteiger partial charge on any atom is 0.138 e. The van der Waals surface area contributed by atoms with Gasteiger partial charge in [0.05, 0.1) is 6.10 Å². The van der Waals surface area contributed by atoms with E-state index in [1.165, 1.54) is 18.5 Å². The van der Waals surface area contributed by atoms with Gasteiger partial charge in [0.15, 0.2) is 0 Å². The molecule has 2 aromatic rings. The SMILES string of the molecule is CCn1ncnc1CC(O)c1cccc(F)c1. The number of aliphatic hydroxyl groups excluding tert-OH is 1. The second-order valence-corrected chi connectivity index (χ2v) is 3.77. The number of nitrogens with zero attached hydrogens (tertiary/aromatic N) is 3. The molecule has 90 valence electrons. The van der Waals surface area contributed by atoms with Gasteiger partial charge in [-0.25, -0.2) is 9.37 Å². The molecule has 1 N–H and O–H groups in total. The molecule has 0 saturated carbocycles. The third-order valence-electron chi connectivity index (χ3n) is 2.60. The summed E-state index contributed by atoms with van der Waals surface area (Å²) in [4.78, 5) is 4.07. The van der Waals surface area contributed by atoms with Crippen molar-refractivity contribution >= 4 is 0 Å². The van der Waals surface area contributed by atoms with Crippen molar-refractivity contribution < 1.29 is 9.50 Å². The Morgan fingerprint density at radius 2 is 2.29 bits per heavy atom. The molecule has 0 radical (unpaired) electrons. The number of hydrogen-bond acceptors (Lipinski definition) is 3. The molecule has 0 aliphatic rings. The Balaban J connectivity index is 2.14. The smallest absolute Gasteiger partial charge is 0.138 e. The molecular weight excluding hydrogens is 221 g/mol. The van der Waals surface area contributed by atoms with Gasteiger partial charge < -0.3 is 5.11 Å². The van der Waals surface area contributed by atoms with Crippen LogP contribution in [0.2, 0.25) is 0 Å². The summed E-state index contributed by atoms with van der Waals surface area (Å²) in [6.45, 7) is 2.65. The number of rotatable bonds is 4. The van der Waals surface area contributed by atoms with Gasteiger partial charge in [0, 0.05) is 13.0 Å². The van der Waals surface area contributed by atoms with Gasteiger partial charge in [-0.3, -0.25) is 4.68 Å². The van der Waals surface area contributed by atoms with Gasteiger partial charge in [-0.15, -0.1) is 0 Å². The van der Waals surface area contributed by atoms with Crippen molar-refractivity contribution in [1.82, 2.24) is 14.8 Å². The van der Waals surface area contributed by atoms with E-state index in [9.17, 15) is 9.50 Å². The van der Waals surface area contributed by atoms with Crippen molar-refractivity contribution in [3.05, 3.63) is 47.8 Å². The van der Waals surface area contributed by atoms with Crippen molar-refractivity contribution in [1.29, 1.82) is 0 Å². The maximum absolute atomic E-state index is 13.0. The second kappa shape index (κ2) is 5.05. The predicted molar refractivity (Wildman–Crippen MR) is 60.8 cm³/mol. The minimum absolute atomic E-state index is 0.331. The van der Waals surface area contributed by atoms with Gasteiger partial charge in [-0.05, 0) is 24.6 Å². The third kappa shape index (κ3) is 2.68. The van der Waals surface area contributed by atoms with E-state index in [1.807, 2.05) is 6.92 Å². The molecule has 0 amide bonds. The number of hydrogen-bond donors (Lipinski definition) is 1. The largest absolute Gasteiger partial charge is 0.388 e. The van der Waals surface area contributed by atoms with Crippen LogP contribution in [-0.2, 0) is 13.0 Å². The first-order valence-corrected chi connectivity index (χ1v) is 5.51. The molecule has 1 unspecified atom stereocenters. The zero-order valence-corrected chi connectivity index (χ0v) is 9.55. The van der Waals surface area contributed by atoms with E-state index in [-0.39, 0.29) is 5.82 Å². The fourth-order valence-electron chi connectivity index (χ4n) is 1.71. The zero-order chi connectivity index (χ0) is 12.3. The van der Waals surface area contributed by atoms with Crippen LogP contribution in [0.3, 0.4) is 0 Å². The Kier molecular flexibility index (Phi) is 3.49. The summed E-state index contributed by atoms with van der Waals surface area (Å²) in [6.07, 6.45) is 1.02. The molecule has 4 nitrogen and oxygen atoms in total. The Labute approximate surface area is 98.7 Å². The van der Waals surface area contributed by atoms with E-state index in [0.29, 0.717) is 24.4 Å². The predicted octanol–water partition coefficient (Wildman–Crippen LogP) is 1.71. The normalized spacial score (nSPS) is 12.6. The molecule has 1 aromatic heterocycles. The van der Waals surface area contributed by atoms with Crippen LogP contribution in [0.1, 0.15) is 24.4 Å². The highest BCUT2D eigenvalue weighted by atomic mass is 19.1. The highest BCUT2D eigenvalue weighted by molar-refractivity contribution is 5.19.